The Morgan fingerprint density at radius 3 is 2.67 bits per heavy atom. The van der Waals surface area contributed by atoms with E-state index in [9.17, 15) is 18.3 Å². The van der Waals surface area contributed by atoms with Crippen molar-refractivity contribution in [1.82, 2.24) is 7.99 Å². The van der Waals surface area contributed by atoms with Crippen LogP contribution < -0.4 is 5.11 Å². The van der Waals surface area contributed by atoms with E-state index in [0.717, 1.165) is 2.90 Å². The highest BCUT2D eigenvalue weighted by Crippen LogP contribution is 2.34. The number of halogens is 4. The van der Waals surface area contributed by atoms with E-state index in [1.54, 1.807) is 22.9 Å². The number of fused-ring (bicyclic) bond motifs is 1. The molecule has 15 heavy (non-hydrogen) atoms. The van der Waals surface area contributed by atoms with Gasteiger partial charge in [0.2, 0.25) is 0 Å². The highest BCUT2D eigenvalue weighted by atomic mass is 127. The first kappa shape index (κ1) is 10.7. The highest BCUT2D eigenvalue weighted by Gasteiger charge is 2.39. The number of alkyl halides is 3. The summed E-state index contributed by atoms with van der Waals surface area (Å²) in [5.74, 6) is -0.631. The van der Waals surface area contributed by atoms with E-state index in [1.807, 2.05) is 0 Å². The van der Waals surface area contributed by atoms with Crippen molar-refractivity contribution in [2.24, 2.45) is 4.99 Å². The molecule has 0 N–H and O–H groups in total. The summed E-state index contributed by atoms with van der Waals surface area (Å²) in [5, 5.41) is 14.6. The maximum atomic E-state index is 12.5. The molecule has 1 aromatic rings. The zero-order valence-electron chi connectivity index (χ0n) is 7.18. The second kappa shape index (κ2) is 3.35. The molecule has 4 nitrogen and oxygen atoms in total. The predicted molar refractivity (Wildman–Crippen MR) is 51.8 cm³/mol. The Kier molecular flexibility index (Phi) is 2.40. The minimum Gasteiger partial charge on any atom is -0.857 e. The van der Waals surface area contributed by atoms with E-state index in [2.05, 4.69) is 10.1 Å². The molecule has 0 spiro atoms. The molecule has 82 valence electrons. The molecule has 2 heterocycles. The summed E-state index contributed by atoms with van der Waals surface area (Å²) in [6.45, 7) is 0.0945. The van der Waals surface area contributed by atoms with Crippen LogP contribution in [0.2, 0.25) is 0 Å². The lowest BCUT2D eigenvalue weighted by Crippen LogP contribution is -2.26. The lowest BCUT2D eigenvalue weighted by molar-refractivity contribution is -0.214. The standard InChI is InChI=1S/C7H5F3IN3O/c8-7(9,10)5-3-1-2-12-6(15)4(3)14(11)13-5/h1-2H2,(H,12,15)/p-1. The van der Waals surface area contributed by atoms with Crippen LogP contribution in [-0.2, 0) is 12.6 Å². The van der Waals surface area contributed by atoms with Gasteiger partial charge in [-0.2, -0.15) is 18.3 Å². The SMILES string of the molecule is [O-]C1=NCCc2c(C(F)(F)F)nn(I)c21. The molecule has 0 amide bonds. The van der Waals surface area contributed by atoms with Gasteiger partial charge >= 0.3 is 6.18 Å². The molecule has 0 bridgehead atoms. The van der Waals surface area contributed by atoms with Gasteiger partial charge in [0.15, 0.2) is 5.69 Å². The molecule has 0 radical (unpaired) electrons. The van der Waals surface area contributed by atoms with Crippen molar-refractivity contribution >= 4 is 28.8 Å². The Morgan fingerprint density at radius 1 is 1.40 bits per heavy atom. The largest absolute Gasteiger partial charge is 0.857 e. The molecule has 0 unspecified atom stereocenters. The van der Waals surface area contributed by atoms with Crippen LogP contribution in [0.1, 0.15) is 17.0 Å². The normalized spacial score (nSPS) is 16.1. The number of aliphatic imine (C=N–C) groups is 1. The van der Waals surface area contributed by atoms with Crippen LogP contribution in [0, 0.1) is 0 Å². The molecule has 0 aromatic carbocycles. The van der Waals surface area contributed by atoms with Gasteiger partial charge in [0, 0.05) is 18.0 Å². The smallest absolute Gasteiger partial charge is 0.435 e. The number of aromatic nitrogens is 2. The lowest BCUT2D eigenvalue weighted by Gasteiger charge is -2.17. The molecule has 0 saturated heterocycles. The maximum Gasteiger partial charge on any atom is 0.435 e. The van der Waals surface area contributed by atoms with Crippen LogP contribution in [0.15, 0.2) is 4.99 Å². The van der Waals surface area contributed by atoms with Crippen LogP contribution in [-0.4, -0.2) is 20.4 Å². The van der Waals surface area contributed by atoms with E-state index in [1.165, 1.54) is 0 Å². The van der Waals surface area contributed by atoms with Gasteiger partial charge in [-0.05, 0) is 6.42 Å². The minimum absolute atomic E-state index is 0.0445. The third-order valence-corrected chi connectivity index (χ3v) is 2.73. The second-order valence-corrected chi connectivity index (χ2v) is 3.88. The monoisotopic (exact) mass is 330 g/mol. The average Bonchev–Trinajstić information content (AvgIpc) is 2.44. The number of rotatable bonds is 0. The van der Waals surface area contributed by atoms with E-state index < -0.39 is 17.8 Å². The van der Waals surface area contributed by atoms with E-state index in [4.69, 9.17) is 0 Å². The van der Waals surface area contributed by atoms with Gasteiger partial charge in [0.25, 0.3) is 0 Å². The quantitative estimate of drug-likeness (QED) is 0.660. The fourth-order valence-corrected chi connectivity index (χ4v) is 2.15. The molecule has 0 atom stereocenters. The first-order chi connectivity index (χ1) is 6.91. The van der Waals surface area contributed by atoms with Gasteiger partial charge in [0.05, 0.1) is 28.6 Å². The summed E-state index contributed by atoms with van der Waals surface area (Å²) in [5.41, 5.74) is -1.08. The summed E-state index contributed by atoms with van der Waals surface area (Å²) in [6.07, 6.45) is -4.41. The second-order valence-electron chi connectivity index (χ2n) is 2.97. The van der Waals surface area contributed by atoms with Crippen molar-refractivity contribution in [3.63, 3.8) is 0 Å². The third kappa shape index (κ3) is 1.70. The fourth-order valence-electron chi connectivity index (χ4n) is 1.44. The van der Waals surface area contributed by atoms with Gasteiger partial charge in [-0.1, -0.05) is 0 Å². The van der Waals surface area contributed by atoms with Crippen molar-refractivity contribution in [2.75, 3.05) is 6.54 Å². The molecule has 1 aliphatic heterocycles. The van der Waals surface area contributed by atoms with Crippen LogP contribution in [0.25, 0.3) is 0 Å². The topological polar surface area (TPSA) is 53.2 Å². The number of nitrogens with zero attached hydrogens (tertiary/aromatic N) is 3. The van der Waals surface area contributed by atoms with Gasteiger partial charge in [-0.3, -0.25) is 4.99 Å². The average molecular weight is 330 g/mol. The third-order valence-electron chi connectivity index (χ3n) is 2.03. The molecule has 1 aromatic heterocycles. The van der Waals surface area contributed by atoms with Crippen LogP contribution in [0.5, 0.6) is 0 Å². The van der Waals surface area contributed by atoms with E-state index in [-0.39, 0.29) is 24.2 Å². The summed E-state index contributed by atoms with van der Waals surface area (Å²) in [4.78, 5) is 3.56. The van der Waals surface area contributed by atoms with E-state index in [0.29, 0.717) is 0 Å². The highest BCUT2D eigenvalue weighted by molar-refractivity contribution is 14.1. The number of hydrogen-bond acceptors (Lipinski definition) is 3. The Morgan fingerprint density at radius 2 is 2.07 bits per heavy atom. The van der Waals surface area contributed by atoms with Crippen molar-refractivity contribution in [2.45, 2.75) is 12.6 Å². The van der Waals surface area contributed by atoms with Crippen LogP contribution in [0.3, 0.4) is 0 Å². The Hall–Kier alpha value is -0.800. The van der Waals surface area contributed by atoms with Crippen molar-refractivity contribution in [3.05, 3.63) is 17.0 Å². The minimum atomic E-state index is -4.52. The molecule has 0 saturated carbocycles. The zero-order valence-corrected chi connectivity index (χ0v) is 9.33. The van der Waals surface area contributed by atoms with Crippen molar-refractivity contribution in [1.29, 1.82) is 0 Å². The Balaban J connectivity index is 2.63. The van der Waals surface area contributed by atoms with Gasteiger partial charge < -0.3 is 5.11 Å². The van der Waals surface area contributed by atoms with E-state index >= 15 is 0 Å². The van der Waals surface area contributed by atoms with Gasteiger partial charge in [-0.25, -0.2) is 2.90 Å². The molecule has 0 aliphatic carbocycles. The Bertz CT molecular complexity index is 437. The molecule has 1 aliphatic rings. The molecular formula is C7H4F3IN3O-. The zero-order chi connectivity index (χ0) is 11.2. The summed E-state index contributed by atoms with van der Waals surface area (Å²) >= 11 is 1.54. The Labute approximate surface area is 96.3 Å². The fraction of sp³-hybridized carbons (Fsp3) is 0.429. The van der Waals surface area contributed by atoms with Crippen molar-refractivity contribution < 1.29 is 18.3 Å². The number of hydrogen-bond donors (Lipinski definition) is 0. The molecule has 8 heteroatoms. The van der Waals surface area contributed by atoms with Crippen LogP contribution >= 0.6 is 22.9 Å². The van der Waals surface area contributed by atoms with Crippen LogP contribution in [0.4, 0.5) is 13.2 Å². The molecule has 0 fully saturated rings. The lowest BCUT2D eigenvalue weighted by atomic mass is 10.1. The van der Waals surface area contributed by atoms with Crippen molar-refractivity contribution in [3.8, 4) is 0 Å². The summed E-state index contributed by atoms with van der Waals surface area (Å²) in [7, 11) is 0. The first-order valence-electron chi connectivity index (χ1n) is 3.98. The maximum absolute atomic E-state index is 12.5. The molecule has 2 rings (SSSR count). The predicted octanol–water partition coefficient (Wildman–Crippen LogP) is 0.763. The summed E-state index contributed by atoms with van der Waals surface area (Å²) < 4.78 is 38.4. The summed E-state index contributed by atoms with van der Waals surface area (Å²) in [6, 6.07) is 0. The van der Waals surface area contributed by atoms with Gasteiger partial charge in [0.1, 0.15) is 0 Å². The van der Waals surface area contributed by atoms with Gasteiger partial charge in [-0.15, -0.1) is 0 Å². The molecular weight excluding hydrogens is 326 g/mol. The first-order valence-corrected chi connectivity index (χ1v) is 4.95.